The fraction of sp³-hybridized carbons (Fsp3) is 0.562. The maximum absolute atomic E-state index is 13.6. The van der Waals surface area contributed by atoms with E-state index in [0.29, 0.717) is 25.2 Å². The van der Waals surface area contributed by atoms with Crippen molar-refractivity contribution in [1.29, 1.82) is 0 Å². The zero-order chi connectivity index (χ0) is 17.2. The van der Waals surface area contributed by atoms with Gasteiger partial charge in [-0.2, -0.15) is 0 Å². The third kappa shape index (κ3) is 4.91. The lowest BCUT2D eigenvalue weighted by Crippen LogP contribution is -2.40. The van der Waals surface area contributed by atoms with E-state index in [1.54, 1.807) is 4.90 Å². The molecule has 9 heteroatoms. The summed E-state index contributed by atoms with van der Waals surface area (Å²) in [5.74, 6) is -0.869. The Morgan fingerprint density at radius 3 is 2.72 bits per heavy atom. The number of nitrogens with one attached hydrogen (secondary N) is 2. The van der Waals surface area contributed by atoms with Crippen molar-refractivity contribution in [3.8, 4) is 0 Å². The molecule has 0 radical (unpaired) electrons. The van der Waals surface area contributed by atoms with Crippen LogP contribution in [0.3, 0.4) is 0 Å². The topological polar surface area (TPSA) is 78.5 Å². The van der Waals surface area contributed by atoms with E-state index in [1.807, 2.05) is 0 Å². The number of halogens is 2. The highest BCUT2D eigenvalue weighted by Crippen LogP contribution is 2.20. The number of amides is 1. The first-order chi connectivity index (χ1) is 11.5. The zero-order valence-electron chi connectivity index (χ0n) is 13.8. The summed E-state index contributed by atoms with van der Waals surface area (Å²) in [6.07, 6.45) is 3.25. The molecule has 0 aromatic heterocycles. The van der Waals surface area contributed by atoms with Crippen molar-refractivity contribution in [2.45, 2.75) is 42.7 Å². The summed E-state index contributed by atoms with van der Waals surface area (Å²) >= 11 is 0. The summed E-state index contributed by atoms with van der Waals surface area (Å²) in [6.45, 7) is 1.34. The van der Waals surface area contributed by atoms with Crippen LogP contribution in [-0.4, -0.2) is 50.9 Å². The average molecular weight is 392 g/mol. The maximum Gasteiger partial charge on any atom is 0.243 e. The van der Waals surface area contributed by atoms with E-state index < -0.39 is 20.7 Å². The monoisotopic (exact) mass is 391 g/mol. The number of hydrogen-bond donors (Lipinski definition) is 2. The molecule has 2 saturated heterocycles. The van der Waals surface area contributed by atoms with Gasteiger partial charge in [-0.15, -0.1) is 12.4 Å². The molecular weight excluding hydrogens is 369 g/mol. The van der Waals surface area contributed by atoms with E-state index in [4.69, 9.17) is 0 Å². The molecule has 2 unspecified atom stereocenters. The zero-order valence-corrected chi connectivity index (χ0v) is 15.4. The molecule has 2 atom stereocenters. The molecule has 2 fully saturated rings. The molecule has 3 rings (SSSR count). The van der Waals surface area contributed by atoms with Crippen molar-refractivity contribution in [2.24, 2.45) is 0 Å². The second-order valence-corrected chi connectivity index (χ2v) is 8.08. The maximum atomic E-state index is 13.6. The highest BCUT2D eigenvalue weighted by Gasteiger charge is 2.31. The number of fused-ring (bicyclic) bond motifs is 2. The SMILES string of the molecule is Cl.O=C(CCNS(=O)(=O)c1ccccc1F)N1CCC2CCC(C1)N2. The molecule has 6 nitrogen and oxygen atoms in total. The van der Waals surface area contributed by atoms with Crippen LogP contribution in [0, 0.1) is 5.82 Å². The van der Waals surface area contributed by atoms with Gasteiger partial charge in [-0.3, -0.25) is 4.79 Å². The van der Waals surface area contributed by atoms with Gasteiger partial charge in [-0.25, -0.2) is 17.5 Å². The minimum atomic E-state index is -3.94. The fourth-order valence-electron chi connectivity index (χ4n) is 3.36. The first-order valence-corrected chi connectivity index (χ1v) is 9.72. The molecule has 25 heavy (non-hydrogen) atoms. The Balaban J connectivity index is 0.00000225. The predicted molar refractivity (Wildman–Crippen MR) is 94.6 cm³/mol. The van der Waals surface area contributed by atoms with E-state index in [9.17, 15) is 17.6 Å². The quantitative estimate of drug-likeness (QED) is 0.792. The predicted octanol–water partition coefficient (Wildman–Crippen LogP) is 1.27. The number of carbonyl (C=O) groups excluding carboxylic acids is 1. The summed E-state index contributed by atoms with van der Waals surface area (Å²) in [7, 11) is -3.94. The molecule has 1 aromatic rings. The fourth-order valence-corrected chi connectivity index (χ4v) is 4.47. The Bertz CT molecular complexity index is 716. The Kier molecular flexibility index (Phi) is 6.79. The number of carbonyl (C=O) groups is 1. The molecule has 1 aromatic carbocycles. The second-order valence-electron chi connectivity index (χ2n) is 6.34. The van der Waals surface area contributed by atoms with E-state index in [1.165, 1.54) is 18.2 Å². The highest BCUT2D eigenvalue weighted by atomic mass is 35.5. The molecule has 0 aliphatic carbocycles. The Labute approximate surface area is 153 Å². The summed E-state index contributed by atoms with van der Waals surface area (Å²) in [6, 6.07) is 6.03. The van der Waals surface area contributed by atoms with Gasteiger partial charge in [-0.05, 0) is 31.4 Å². The van der Waals surface area contributed by atoms with E-state index in [2.05, 4.69) is 10.0 Å². The van der Waals surface area contributed by atoms with Crippen LogP contribution in [0.15, 0.2) is 29.2 Å². The first-order valence-electron chi connectivity index (χ1n) is 8.24. The van der Waals surface area contributed by atoms with Gasteiger partial charge >= 0.3 is 0 Å². The number of rotatable bonds is 5. The van der Waals surface area contributed by atoms with Crippen LogP contribution in [0.5, 0.6) is 0 Å². The lowest BCUT2D eigenvalue weighted by molar-refractivity contribution is -0.131. The Morgan fingerprint density at radius 2 is 1.96 bits per heavy atom. The van der Waals surface area contributed by atoms with Crippen molar-refractivity contribution in [2.75, 3.05) is 19.6 Å². The van der Waals surface area contributed by atoms with Crippen LogP contribution in [0.2, 0.25) is 0 Å². The lowest BCUT2D eigenvalue weighted by atomic mass is 10.1. The Hall–Kier alpha value is -1.22. The number of sulfonamides is 1. The van der Waals surface area contributed by atoms with Gasteiger partial charge in [0.1, 0.15) is 10.7 Å². The van der Waals surface area contributed by atoms with Crippen molar-refractivity contribution in [1.82, 2.24) is 14.9 Å². The molecule has 2 heterocycles. The molecule has 2 aliphatic rings. The van der Waals surface area contributed by atoms with Gasteiger partial charge in [-0.1, -0.05) is 12.1 Å². The molecule has 2 aliphatic heterocycles. The lowest BCUT2D eigenvalue weighted by Gasteiger charge is -2.24. The number of likely N-dealkylation sites (tertiary alicyclic amines) is 1. The third-order valence-corrected chi connectivity index (χ3v) is 6.13. The normalized spacial score (nSPS) is 23.0. The second kappa shape index (κ2) is 8.44. The van der Waals surface area contributed by atoms with Crippen molar-refractivity contribution in [3.05, 3.63) is 30.1 Å². The summed E-state index contributed by atoms with van der Waals surface area (Å²) < 4.78 is 40.1. The van der Waals surface area contributed by atoms with Gasteiger partial charge in [0.15, 0.2) is 0 Å². The van der Waals surface area contributed by atoms with Gasteiger partial charge in [0.2, 0.25) is 15.9 Å². The van der Waals surface area contributed by atoms with Crippen LogP contribution >= 0.6 is 12.4 Å². The van der Waals surface area contributed by atoms with Crippen LogP contribution in [0.1, 0.15) is 25.7 Å². The van der Waals surface area contributed by atoms with Crippen molar-refractivity contribution < 1.29 is 17.6 Å². The number of benzene rings is 1. The molecule has 1 amide bonds. The molecule has 2 N–H and O–H groups in total. The van der Waals surface area contributed by atoms with E-state index in [0.717, 1.165) is 25.3 Å². The van der Waals surface area contributed by atoms with Crippen LogP contribution in [-0.2, 0) is 14.8 Å². The van der Waals surface area contributed by atoms with Gasteiger partial charge < -0.3 is 10.2 Å². The van der Waals surface area contributed by atoms with Crippen LogP contribution in [0.25, 0.3) is 0 Å². The summed E-state index contributed by atoms with van der Waals surface area (Å²) in [4.78, 5) is 13.7. The van der Waals surface area contributed by atoms with Gasteiger partial charge in [0, 0.05) is 38.1 Å². The molecule has 0 spiro atoms. The number of hydrogen-bond acceptors (Lipinski definition) is 4. The number of nitrogens with zero attached hydrogens (tertiary/aromatic N) is 1. The van der Waals surface area contributed by atoms with E-state index >= 15 is 0 Å². The molecular formula is C16H23ClFN3O3S. The van der Waals surface area contributed by atoms with Crippen molar-refractivity contribution in [3.63, 3.8) is 0 Å². The summed E-state index contributed by atoms with van der Waals surface area (Å²) in [5, 5.41) is 3.50. The summed E-state index contributed by atoms with van der Waals surface area (Å²) in [5.41, 5.74) is 0. The standard InChI is InChI=1S/C16H22FN3O3S.ClH/c17-14-3-1-2-4-15(14)24(22,23)18-9-7-16(21)20-10-8-12-5-6-13(11-20)19-12;/h1-4,12-13,18-19H,5-11H2;1H. The van der Waals surface area contributed by atoms with Gasteiger partial charge in [0.05, 0.1) is 0 Å². The minimum Gasteiger partial charge on any atom is -0.341 e. The first kappa shape index (κ1) is 20.1. The highest BCUT2D eigenvalue weighted by molar-refractivity contribution is 7.89. The van der Waals surface area contributed by atoms with Crippen LogP contribution in [0.4, 0.5) is 4.39 Å². The molecule has 140 valence electrons. The van der Waals surface area contributed by atoms with Crippen LogP contribution < -0.4 is 10.0 Å². The molecule has 2 bridgehead atoms. The minimum absolute atomic E-state index is 0. The van der Waals surface area contributed by atoms with Crippen molar-refractivity contribution >= 4 is 28.3 Å². The molecule has 0 saturated carbocycles. The van der Waals surface area contributed by atoms with E-state index in [-0.39, 0.29) is 31.3 Å². The van der Waals surface area contributed by atoms with Gasteiger partial charge in [0.25, 0.3) is 0 Å². The third-order valence-electron chi connectivity index (χ3n) is 4.63. The Morgan fingerprint density at radius 1 is 1.24 bits per heavy atom. The largest absolute Gasteiger partial charge is 0.341 e. The average Bonchev–Trinajstić information content (AvgIpc) is 2.86. The smallest absolute Gasteiger partial charge is 0.243 e.